The fourth-order valence-electron chi connectivity index (χ4n) is 2.11. The molecule has 1 heterocycles. The maximum Gasteiger partial charge on any atom is 0.221 e. The van der Waals surface area contributed by atoms with Crippen LogP contribution in [0, 0.1) is 0 Å². The lowest BCUT2D eigenvalue weighted by Gasteiger charge is -2.12. The van der Waals surface area contributed by atoms with Crippen molar-refractivity contribution < 1.29 is 13.9 Å². The van der Waals surface area contributed by atoms with Crippen molar-refractivity contribution >= 4 is 41.5 Å². The fraction of sp³-hybridized carbons (Fsp3) is 0.333. The minimum Gasteiger partial charge on any atom is -0.492 e. The van der Waals surface area contributed by atoms with Crippen LogP contribution in [-0.2, 0) is 11.3 Å². The van der Waals surface area contributed by atoms with E-state index in [1.807, 2.05) is 37.3 Å². The van der Waals surface area contributed by atoms with Gasteiger partial charge >= 0.3 is 0 Å². The minimum absolute atomic E-state index is 0. The number of hydrogen-bond donors (Lipinski definition) is 3. The third kappa shape index (κ3) is 8.24. The van der Waals surface area contributed by atoms with E-state index in [2.05, 4.69) is 20.9 Å². The maximum atomic E-state index is 11.1. The Morgan fingerprint density at radius 3 is 2.77 bits per heavy atom. The first-order valence-electron chi connectivity index (χ1n) is 8.22. The Morgan fingerprint density at radius 1 is 1.23 bits per heavy atom. The van der Waals surface area contributed by atoms with Gasteiger partial charge in [-0.1, -0.05) is 6.07 Å². The number of ether oxygens (including phenoxy) is 1. The zero-order valence-electron chi connectivity index (χ0n) is 15.0. The summed E-state index contributed by atoms with van der Waals surface area (Å²) >= 11 is 0. The number of furan rings is 1. The molecule has 0 radical (unpaired) electrons. The van der Waals surface area contributed by atoms with Crippen LogP contribution in [0.25, 0.3) is 0 Å². The number of anilines is 1. The number of carbonyl (C=O) groups is 1. The van der Waals surface area contributed by atoms with Gasteiger partial charge in [0.2, 0.25) is 5.91 Å². The normalized spacial score (nSPS) is 10.6. The van der Waals surface area contributed by atoms with Crippen molar-refractivity contribution in [3.8, 4) is 5.75 Å². The van der Waals surface area contributed by atoms with Crippen molar-refractivity contribution in [1.82, 2.24) is 10.6 Å². The summed E-state index contributed by atoms with van der Waals surface area (Å²) in [6.07, 6.45) is 1.63. The second kappa shape index (κ2) is 12.2. The summed E-state index contributed by atoms with van der Waals surface area (Å²) in [6.45, 7) is 5.78. The Morgan fingerprint density at radius 2 is 2.08 bits per heavy atom. The highest BCUT2D eigenvalue weighted by molar-refractivity contribution is 14.0. The van der Waals surface area contributed by atoms with Gasteiger partial charge in [0.25, 0.3) is 0 Å². The molecule has 2 rings (SSSR count). The first-order chi connectivity index (χ1) is 12.2. The molecule has 26 heavy (non-hydrogen) atoms. The van der Waals surface area contributed by atoms with Gasteiger partial charge in [-0.3, -0.25) is 4.79 Å². The molecule has 0 fully saturated rings. The molecule has 0 saturated heterocycles. The second-order valence-corrected chi connectivity index (χ2v) is 5.26. The summed E-state index contributed by atoms with van der Waals surface area (Å²) in [7, 11) is 0. The van der Waals surface area contributed by atoms with Crippen LogP contribution in [0.15, 0.2) is 52.1 Å². The summed E-state index contributed by atoms with van der Waals surface area (Å²) < 4.78 is 11.0. The van der Waals surface area contributed by atoms with Gasteiger partial charge in [0, 0.05) is 25.2 Å². The largest absolute Gasteiger partial charge is 0.492 e. The van der Waals surface area contributed by atoms with Crippen molar-refractivity contribution in [2.45, 2.75) is 20.4 Å². The zero-order valence-corrected chi connectivity index (χ0v) is 17.3. The van der Waals surface area contributed by atoms with Crippen LogP contribution < -0.4 is 20.7 Å². The highest BCUT2D eigenvalue weighted by atomic mass is 127. The van der Waals surface area contributed by atoms with E-state index in [1.165, 1.54) is 6.92 Å². The average molecular weight is 472 g/mol. The Bertz CT molecular complexity index is 690. The van der Waals surface area contributed by atoms with Crippen LogP contribution in [0.4, 0.5) is 5.69 Å². The molecule has 8 heteroatoms. The lowest BCUT2D eigenvalue weighted by molar-refractivity contribution is -0.114. The third-order valence-corrected chi connectivity index (χ3v) is 3.13. The summed E-state index contributed by atoms with van der Waals surface area (Å²) in [5.74, 6) is 2.10. The van der Waals surface area contributed by atoms with Crippen molar-refractivity contribution in [3.63, 3.8) is 0 Å². The van der Waals surface area contributed by atoms with Gasteiger partial charge in [0.05, 0.1) is 12.8 Å². The van der Waals surface area contributed by atoms with Gasteiger partial charge in [-0.05, 0) is 31.2 Å². The van der Waals surface area contributed by atoms with Crippen molar-refractivity contribution in [2.24, 2.45) is 4.99 Å². The summed E-state index contributed by atoms with van der Waals surface area (Å²) in [5, 5.41) is 9.10. The van der Waals surface area contributed by atoms with Crippen LogP contribution in [0.3, 0.4) is 0 Å². The standard InChI is InChI=1S/C18H24N4O3.HI/c1-3-19-18(21-13-17-8-5-10-24-17)20-9-11-25-16-7-4-6-15(12-16)22-14(2)23;/h4-8,10,12H,3,9,11,13H2,1-2H3,(H,22,23)(H2,19,20,21);1H. The summed E-state index contributed by atoms with van der Waals surface area (Å²) in [5.41, 5.74) is 0.714. The molecule has 0 atom stereocenters. The molecule has 0 aliphatic heterocycles. The molecule has 0 bridgehead atoms. The van der Waals surface area contributed by atoms with Gasteiger partial charge in [-0.2, -0.15) is 0 Å². The molecule has 142 valence electrons. The third-order valence-electron chi connectivity index (χ3n) is 3.13. The van der Waals surface area contributed by atoms with Gasteiger partial charge in [-0.15, -0.1) is 24.0 Å². The van der Waals surface area contributed by atoms with Gasteiger partial charge < -0.3 is 25.1 Å². The van der Waals surface area contributed by atoms with Crippen molar-refractivity contribution in [1.29, 1.82) is 0 Å². The number of halogens is 1. The molecule has 0 aliphatic carbocycles. The minimum atomic E-state index is -0.109. The Balaban J connectivity index is 0.00000338. The lowest BCUT2D eigenvalue weighted by atomic mass is 10.3. The highest BCUT2D eigenvalue weighted by Gasteiger charge is 2.01. The number of guanidine groups is 1. The van der Waals surface area contributed by atoms with Gasteiger partial charge in [0.15, 0.2) is 5.96 Å². The summed E-state index contributed by atoms with van der Waals surface area (Å²) in [6, 6.07) is 11.0. The van der Waals surface area contributed by atoms with E-state index in [4.69, 9.17) is 9.15 Å². The number of nitrogens with zero attached hydrogens (tertiary/aromatic N) is 1. The van der Waals surface area contributed by atoms with Crippen LogP contribution in [-0.4, -0.2) is 31.6 Å². The molecule has 0 spiro atoms. The molecule has 7 nitrogen and oxygen atoms in total. The van der Waals surface area contributed by atoms with Gasteiger partial charge in [-0.25, -0.2) is 4.99 Å². The molecule has 0 aliphatic rings. The van der Waals surface area contributed by atoms with E-state index in [9.17, 15) is 4.79 Å². The quantitative estimate of drug-likeness (QED) is 0.238. The van der Waals surface area contributed by atoms with Crippen molar-refractivity contribution in [3.05, 3.63) is 48.4 Å². The predicted octanol–water partition coefficient (Wildman–Crippen LogP) is 2.99. The van der Waals surface area contributed by atoms with Crippen LogP contribution in [0.1, 0.15) is 19.6 Å². The molecule has 1 aromatic heterocycles. The number of nitrogens with one attached hydrogen (secondary N) is 3. The monoisotopic (exact) mass is 472 g/mol. The Hall–Kier alpha value is -2.23. The van der Waals surface area contributed by atoms with E-state index in [-0.39, 0.29) is 29.9 Å². The smallest absolute Gasteiger partial charge is 0.221 e. The van der Waals surface area contributed by atoms with Crippen molar-refractivity contribution in [2.75, 3.05) is 25.0 Å². The molecular weight excluding hydrogens is 447 g/mol. The SMILES string of the molecule is CCNC(=NCc1ccco1)NCCOc1cccc(NC(C)=O)c1.I. The molecule has 3 N–H and O–H groups in total. The predicted molar refractivity (Wildman–Crippen MR) is 113 cm³/mol. The first-order valence-corrected chi connectivity index (χ1v) is 8.22. The molecular formula is C18H25IN4O3. The number of carbonyl (C=O) groups excluding carboxylic acids is 1. The lowest BCUT2D eigenvalue weighted by Crippen LogP contribution is -2.39. The molecule has 0 unspecified atom stereocenters. The molecule has 0 saturated carbocycles. The number of amides is 1. The Kier molecular flexibility index (Phi) is 10.2. The van der Waals surface area contributed by atoms with E-state index < -0.39 is 0 Å². The molecule has 2 aromatic rings. The van der Waals surface area contributed by atoms with Crippen LogP contribution >= 0.6 is 24.0 Å². The fourth-order valence-corrected chi connectivity index (χ4v) is 2.11. The van der Waals surface area contributed by atoms with E-state index in [0.717, 1.165) is 12.3 Å². The van der Waals surface area contributed by atoms with Gasteiger partial charge in [0.1, 0.15) is 24.7 Å². The van der Waals surface area contributed by atoms with Crippen LogP contribution in [0.5, 0.6) is 5.75 Å². The molecule has 1 amide bonds. The topological polar surface area (TPSA) is 87.9 Å². The zero-order chi connectivity index (χ0) is 17.9. The Labute approximate surface area is 170 Å². The second-order valence-electron chi connectivity index (χ2n) is 5.26. The number of benzene rings is 1. The number of hydrogen-bond acceptors (Lipinski definition) is 4. The summed E-state index contributed by atoms with van der Waals surface area (Å²) in [4.78, 5) is 15.5. The maximum absolute atomic E-state index is 11.1. The first kappa shape index (κ1) is 21.8. The van der Waals surface area contributed by atoms with E-state index in [0.29, 0.717) is 37.1 Å². The van der Waals surface area contributed by atoms with E-state index in [1.54, 1.807) is 12.3 Å². The van der Waals surface area contributed by atoms with E-state index >= 15 is 0 Å². The molecule has 1 aromatic carbocycles. The number of rotatable bonds is 8. The van der Waals surface area contributed by atoms with Crippen LogP contribution in [0.2, 0.25) is 0 Å². The average Bonchev–Trinajstić information content (AvgIpc) is 3.09. The highest BCUT2D eigenvalue weighted by Crippen LogP contribution is 2.16. The number of aliphatic imine (C=N–C) groups is 1.